The van der Waals surface area contributed by atoms with E-state index in [4.69, 9.17) is 14.2 Å². The van der Waals surface area contributed by atoms with E-state index in [1.165, 1.54) is 31.4 Å². The summed E-state index contributed by atoms with van der Waals surface area (Å²) in [6.07, 6.45) is 5.82. The van der Waals surface area contributed by atoms with Crippen LogP contribution in [0.1, 0.15) is 102 Å². The lowest BCUT2D eigenvalue weighted by molar-refractivity contribution is -0.185. The normalized spacial score (nSPS) is 39.3. The number of ether oxygens (including phenoxy) is 3. The molecule has 0 spiro atoms. The maximum atomic E-state index is 14.0. The van der Waals surface area contributed by atoms with E-state index < -0.39 is 51.0 Å². The Balaban J connectivity index is 1.14. The van der Waals surface area contributed by atoms with Gasteiger partial charge >= 0.3 is 17.9 Å². The molecule has 228 valence electrons. The summed E-state index contributed by atoms with van der Waals surface area (Å²) in [6.45, 7) is 7.26. The molecule has 1 saturated heterocycles. The fourth-order valence-corrected chi connectivity index (χ4v) is 10.5. The Kier molecular flexibility index (Phi) is 6.25. The SMILES string of the molecule is CC(C)c1cc(S(=O)(=O)[O-])cc(C(C)C)c1OC(=O)C12CC3CC1C(OC2=O)C3OC(=O)C12CC3CC(CC(C3)C1)C2. The smallest absolute Gasteiger partial charge is 0.329 e. The standard InChI is InChI=1S/C32H40O9S/c1-15(2)22-9-21(42(36,37)38)10-23(16(3)4)26(22)40-29(34)32-14-20-8-24(32)27(41-30(32)35)25(20)39-28(33)31-11-17-5-18(12-31)7-19(6-17)13-31/h9-10,15-20,24-25,27H,5-8,11-14H2,1-4H3,(H,36,37,38)/p-1. The van der Waals surface area contributed by atoms with Crippen LogP contribution >= 0.6 is 0 Å². The van der Waals surface area contributed by atoms with Crippen LogP contribution in [0.15, 0.2) is 17.0 Å². The Bertz CT molecular complexity index is 1410. The highest BCUT2D eigenvalue weighted by atomic mass is 32.2. The van der Waals surface area contributed by atoms with Gasteiger partial charge in [-0.05, 0) is 104 Å². The molecule has 7 aliphatic rings. The average Bonchev–Trinajstić information content (AvgIpc) is 3.49. The minimum absolute atomic E-state index is 0.146. The largest absolute Gasteiger partial charge is 0.744 e. The van der Waals surface area contributed by atoms with Crippen LogP contribution < -0.4 is 4.74 Å². The van der Waals surface area contributed by atoms with Gasteiger partial charge < -0.3 is 18.8 Å². The third-order valence-corrected chi connectivity index (χ3v) is 12.3. The van der Waals surface area contributed by atoms with Crippen molar-refractivity contribution in [3.8, 4) is 5.75 Å². The van der Waals surface area contributed by atoms with E-state index in [0.29, 0.717) is 35.3 Å². The molecular weight excluding hydrogens is 560 g/mol. The fraction of sp³-hybridized carbons (Fsp3) is 0.719. The van der Waals surface area contributed by atoms with Gasteiger partial charge in [-0.3, -0.25) is 14.4 Å². The van der Waals surface area contributed by atoms with E-state index in [-0.39, 0.29) is 40.8 Å². The number of rotatable bonds is 7. The molecule has 1 heterocycles. The predicted octanol–water partition coefficient (Wildman–Crippen LogP) is 4.82. The van der Waals surface area contributed by atoms with Crippen LogP contribution in [0.5, 0.6) is 5.75 Å². The van der Waals surface area contributed by atoms with Gasteiger partial charge in [-0.2, -0.15) is 0 Å². The maximum absolute atomic E-state index is 14.0. The molecule has 0 aromatic heterocycles. The van der Waals surface area contributed by atoms with Gasteiger partial charge in [-0.15, -0.1) is 0 Å². The Labute approximate surface area is 246 Å². The molecule has 0 amide bonds. The molecule has 8 rings (SSSR count). The molecule has 6 aliphatic carbocycles. The highest BCUT2D eigenvalue weighted by molar-refractivity contribution is 7.85. The van der Waals surface area contributed by atoms with Gasteiger partial charge in [0.25, 0.3) is 0 Å². The molecule has 6 saturated carbocycles. The maximum Gasteiger partial charge on any atom is 0.329 e. The highest BCUT2D eigenvalue weighted by Crippen LogP contribution is 2.65. The lowest BCUT2D eigenvalue weighted by Gasteiger charge is -2.55. The molecule has 6 bridgehead atoms. The van der Waals surface area contributed by atoms with Gasteiger partial charge in [0.1, 0.15) is 28.1 Å². The highest BCUT2D eigenvalue weighted by Gasteiger charge is 2.76. The van der Waals surface area contributed by atoms with E-state index >= 15 is 0 Å². The predicted molar refractivity (Wildman–Crippen MR) is 147 cm³/mol. The number of carbonyl (C=O) groups is 3. The van der Waals surface area contributed by atoms with Gasteiger partial charge in [0.2, 0.25) is 0 Å². The number of hydrogen-bond acceptors (Lipinski definition) is 9. The summed E-state index contributed by atoms with van der Waals surface area (Å²) in [6, 6.07) is 2.52. The molecule has 0 radical (unpaired) electrons. The molecule has 0 N–H and O–H groups in total. The van der Waals surface area contributed by atoms with Crippen LogP contribution in [0.25, 0.3) is 0 Å². The number of esters is 3. The van der Waals surface area contributed by atoms with Crippen LogP contribution in [-0.4, -0.2) is 43.1 Å². The van der Waals surface area contributed by atoms with Crippen molar-refractivity contribution in [3.05, 3.63) is 23.3 Å². The van der Waals surface area contributed by atoms with Crippen molar-refractivity contribution in [2.45, 2.75) is 108 Å². The lowest BCUT2D eigenvalue weighted by atomic mass is 9.49. The molecule has 5 atom stereocenters. The second-order valence-corrected chi connectivity index (χ2v) is 16.2. The summed E-state index contributed by atoms with van der Waals surface area (Å²) < 4.78 is 53.7. The van der Waals surface area contributed by atoms with Gasteiger partial charge in [-0.25, -0.2) is 8.42 Å². The fourth-order valence-electron chi connectivity index (χ4n) is 9.99. The van der Waals surface area contributed by atoms with Crippen molar-refractivity contribution in [2.24, 2.45) is 40.4 Å². The number of carbonyl (C=O) groups excluding carboxylic acids is 3. The van der Waals surface area contributed by atoms with E-state index in [1.807, 2.05) is 27.7 Å². The second-order valence-electron chi connectivity index (χ2n) is 14.8. The van der Waals surface area contributed by atoms with Crippen LogP contribution in [0, 0.1) is 40.4 Å². The number of fused-ring (bicyclic) bond motifs is 1. The molecule has 9 nitrogen and oxygen atoms in total. The first-order valence-corrected chi connectivity index (χ1v) is 16.9. The molecule has 5 unspecified atom stereocenters. The molecule has 42 heavy (non-hydrogen) atoms. The topological polar surface area (TPSA) is 136 Å². The molecule has 10 heteroatoms. The zero-order valence-electron chi connectivity index (χ0n) is 24.6. The summed E-state index contributed by atoms with van der Waals surface area (Å²) in [4.78, 5) is 40.8. The van der Waals surface area contributed by atoms with Crippen molar-refractivity contribution in [1.82, 2.24) is 0 Å². The van der Waals surface area contributed by atoms with Crippen molar-refractivity contribution in [3.63, 3.8) is 0 Å². The van der Waals surface area contributed by atoms with Crippen LogP contribution in [0.3, 0.4) is 0 Å². The van der Waals surface area contributed by atoms with E-state index in [9.17, 15) is 27.4 Å². The lowest BCUT2D eigenvalue weighted by Crippen LogP contribution is -2.52. The summed E-state index contributed by atoms with van der Waals surface area (Å²) in [7, 11) is -4.74. The number of hydrogen-bond donors (Lipinski definition) is 0. The second kappa shape index (κ2) is 9.27. The van der Waals surface area contributed by atoms with Gasteiger partial charge in [-0.1, -0.05) is 27.7 Å². The molecule has 1 aromatic rings. The summed E-state index contributed by atoms with van der Waals surface area (Å²) >= 11 is 0. The van der Waals surface area contributed by atoms with Crippen molar-refractivity contribution in [1.29, 1.82) is 0 Å². The Morgan fingerprint density at radius 2 is 1.45 bits per heavy atom. The van der Waals surface area contributed by atoms with Crippen LogP contribution in [-0.2, 0) is 34.0 Å². The zero-order chi connectivity index (χ0) is 29.9. The first-order chi connectivity index (χ1) is 19.7. The number of benzene rings is 1. The van der Waals surface area contributed by atoms with Crippen molar-refractivity contribution in [2.75, 3.05) is 0 Å². The summed E-state index contributed by atoms with van der Waals surface area (Å²) in [5.74, 6) is -0.685. The monoisotopic (exact) mass is 599 g/mol. The molecular formula is C32H39O9S-. The van der Waals surface area contributed by atoms with Gasteiger partial charge in [0, 0.05) is 11.8 Å². The summed E-state index contributed by atoms with van der Waals surface area (Å²) in [5, 5.41) is 0. The Morgan fingerprint density at radius 1 is 0.905 bits per heavy atom. The zero-order valence-corrected chi connectivity index (χ0v) is 25.4. The average molecular weight is 600 g/mol. The van der Waals surface area contributed by atoms with Crippen molar-refractivity contribution < 1.29 is 41.6 Å². The Hall–Kier alpha value is -2.46. The van der Waals surface area contributed by atoms with Crippen LogP contribution in [0.4, 0.5) is 0 Å². The first kappa shape index (κ1) is 28.3. The van der Waals surface area contributed by atoms with Crippen molar-refractivity contribution >= 4 is 28.0 Å². The van der Waals surface area contributed by atoms with E-state index in [1.54, 1.807) is 0 Å². The molecule has 1 aromatic carbocycles. The van der Waals surface area contributed by atoms with Gasteiger partial charge in [0.15, 0.2) is 5.41 Å². The first-order valence-electron chi connectivity index (χ1n) is 15.5. The van der Waals surface area contributed by atoms with Gasteiger partial charge in [0.05, 0.1) is 10.3 Å². The summed E-state index contributed by atoms with van der Waals surface area (Å²) in [5.41, 5.74) is -1.09. The Morgan fingerprint density at radius 3 is 1.95 bits per heavy atom. The van der Waals surface area contributed by atoms with Crippen LogP contribution in [0.2, 0.25) is 0 Å². The quantitative estimate of drug-likeness (QED) is 0.187. The minimum Gasteiger partial charge on any atom is -0.744 e. The third-order valence-electron chi connectivity index (χ3n) is 11.5. The molecule has 7 fully saturated rings. The van der Waals surface area contributed by atoms with E-state index in [2.05, 4.69) is 0 Å². The third kappa shape index (κ3) is 4.03. The van der Waals surface area contributed by atoms with E-state index in [0.717, 1.165) is 19.3 Å². The minimum atomic E-state index is -4.74. The molecule has 1 aliphatic heterocycles.